The van der Waals surface area contributed by atoms with Gasteiger partial charge in [0.25, 0.3) is 0 Å². The highest BCUT2D eigenvalue weighted by atomic mass is 16.5. The molecule has 1 aromatic heterocycles. The van der Waals surface area contributed by atoms with Crippen LogP contribution < -0.4 is 4.74 Å². The second kappa shape index (κ2) is 12.5. The minimum absolute atomic E-state index is 0.167. The summed E-state index contributed by atoms with van der Waals surface area (Å²) in [6, 6.07) is 14.4. The summed E-state index contributed by atoms with van der Waals surface area (Å²) in [5.74, 6) is -0.186. The summed E-state index contributed by atoms with van der Waals surface area (Å²) in [4.78, 5) is 12.7. The van der Waals surface area contributed by atoms with Crippen molar-refractivity contribution in [2.75, 3.05) is 0 Å². The number of hydrogen-bond acceptors (Lipinski definition) is 5. The van der Waals surface area contributed by atoms with E-state index < -0.39 is 0 Å². The van der Waals surface area contributed by atoms with Crippen molar-refractivity contribution in [1.82, 2.24) is 10.2 Å². The summed E-state index contributed by atoms with van der Waals surface area (Å²) in [5.41, 5.74) is 2.80. The van der Waals surface area contributed by atoms with E-state index in [4.69, 9.17) is 4.74 Å². The zero-order valence-electron chi connectivity index (χ0n) is 20.2. The van der Waals surface area contributed by atoms with E-state index in [1.54, 1.807) is 6.07 Å². The van der Waals surface area contributed by atoms with Crippen LogP contribution in [0, 0.1) is 22.7 Å². The number of aryl methyl sites for hydroxylation is 1. The van der Waals surface area contributed by atoms with E-state index in [9.17, 15) is 10.1 Å². The van der Waals surface area contributed by atoms with Crippen LogP contribution in [-0.4, -0.2) is 16.2 Å². The Morgan fingerprint density at radius 2 is 1.73 bits per heavy atom. The lowest BCUT2D eigenvalue weighted by Crippen LogP contribution is -2.31. The van der Waals surface area contributed by atoms with Gasteiger partial charge in [-0.1, -0.05) is 76.6 Å². The van der Waals surface area contributed by atoms with Gasteiger partial charge in [0.15, 0.2) is 0 Å². The van der Waals surface area contributed by atoms with E-state index in [0.29, 0.717) is 12.8 Å². The summed E-state index contributed by atoms with van der Waals surface area (Å²) in [5, 5.41) is 18.1. The Morgan fingerprint density at radius 1 is 1.00 bits per heavy atom. The number of nitriles is 1. The largest absolute Gasteiger partial charge is 0.406 e. The SMILES string of the molecule is CCCCCCCC1(C#N)CCC(C(=O)Oc2ccc(-c3ccc(CCC)cc3)nn2)CC1. The molecule has 5 nitrogen and oxygen atoms in total. The van der Waals surface area contributed by atoms with Crippen molar-refractivity contribution in [3.63, 3.8) is 0 Å². The highest BCUT2D eigenvalue weighted by molar-refractivity contribution is 5.75. The maximum Gasteiger partial charge on any atom is 0.315 e. The maximum absolute atomic E-state index is 12.7. The van der Waals surface area contributed by atoms with Gasteiger partial charge in [-0.2, -0.15) is 5.26 Å². The van der Waals surface area contributed by atoms with Crippen LogP contribution in [0.15, 0.2) is 36.4 Å². The molecule has 0 unspecified atom stereocenters. The van der Waals surface area contributed by atoms with Crippen molar-refractivity contribution in [2.24, 2.45) is 11.3 Å². The monoisotopic (exact) mass is 447 g/mol. The first-order valence-electron chi connectivity index (χ1n) is 12.6. The first-order chi connectivity index (χ1) is 16.1. The molecule has 1 heterocycles. The number of esters is 1. The van der Waals surface area contributed by atoms with Crippen molar-refractivity contribution < 1.29 is 9.53 Å². The molecule has 33 heavy (non-hydrogen) atoms. The molecule has 176 valence electrons. The summed E-state index contributed by atoms with van der Waals surface area (Å²) in [6.45, 7) is 4.38. The van der Waals surface area contributed by atoms with Gasteiger partial charge >= 0.3 is 5.97 Å². The van der Waals surface area contributed by atoms with Crippen LogP contribution in [0.2, 0.25) is 0 Å². The fourth-order valence-electron chi connectivity index (χ4n) is 4.74. The quantitative estimate of drug-likeness (QED) is 0.272. The Hall–Kier alpha value is -2.74. The fourth-order valence-corrected chi connectivity index (χ4v) is 4.74. The fraction of sp³-hybridized carbons (Fsp3) is 0.571. The number of aromatic nitrogens is 2. The second-order valence-electron chi connectivity index (χ2n) is 9.46. The number of ether oxygens (including phenoxy) is 1. The number of rotatable bonds is 11. The van der Waals surface area contributed by atoms with Crippen LogP contribution >= 0.6 is 0 Å². The molecule has 0 amide bonds. The Kier molecular flexibility index (Phi) is 9.42. The average Bonchev–Trinajstić information content (AvgIpc) is 2.85. The molecule has 1 aromatic carbocycles. The van der Waals surface area contributed by atoms with Gasteiger partial charge in [-0.15, -0.1) is 10.2 Å². The van der Waals surface area contributed by atoms with Crippen LogP contribution in [-0.2, 0) is 11.2 Å². The third kappa shape index (κ3) is 7.12. The number of unbranched alkanes of at least 4 members (excludes halogenated alkanes) is 4. The normalized spacial score (nSPS) is 20.2. The molecule has 3 rings (SSSR count). The molecule has 0 bridgehead atoms. The zero-order chi connectivity index (χ0) is 23.5. The van der Waals surface area contributed by atoms with Crippen LogP contribution in [0.1, 0.15) is 90.0 Å². The number of carbonyl (C=O) groups is 1. The van der Waals surface area contributed by atoms with Gasteiger partial charge in [0.2, 0.25) is 5.88 Å². The lowest BCUT2D eigenvalue weighted by Gasteiger charge is -2.34. The highest BCUT2D eigenvalue weighted by Gasteiger charge is 2.38. The smallest absolute Gasteiger partial charge is 0.315 e. The molecule has 1 aliphatic rings. The lowest BCUT2D eigenvalue weighted by molar-refractivity contribution is -0.140. The van der Waals surface area contributed by atoms with Crippen LogP contribution in [0.3, 0.4) is 0 Å². The standard InChI is InChI=1S/C28H37N3O2/c1-3-5-6-7-8-18-28(21-29)19-16-24(17-20-28)27(32)33-26-15-14-25(30-31-26)23-12-10-22(9-4-2)11-13-23/h10-15,24H,3-9,16-20H2,1-2H3. The van der Waals surface area contributed by atoms with Crippen LogP contribution in [0.25, 0.3) is 11.3 Å². The first-order valence-corrected chi connectivity index (χ1v) is 12.6. The molecule has 0 atom stereocenters. The molecule has 0 saturated heterocycles. The third-order valence-electron chi connectivity index (χ3n) is 6.91. The second-order valence-corrected chi connectivity index (χ2v) is 9.46. The Morgan fingerprint density at radius 3 is 2.33 bits per heavy atom. The summed E-state index contributed by atoms with van der Waals surface area (Å²) < 4.78 is 5.53. The topological polar surface area (TPSA) is 75.9 Å². The number of carbonyl (C=O) groups excluding carboxylic acids is 1. The first kappa shape index (κ1) is 24.9. The van der Waals surface area contributed by atoms with E-state index in [1.165, 1.54) is 31.2 Å². The van der Waals surface area contributed by atoms with Gasteiger partial charge in [-0.3, -0.25) is 4.79 Å². The van der Waals surface area contributed by atoms with Crippen LogP contribution in [0.4, 0.5) is 0 Å². The zero-order valence-corrected chi connectivity index (χ0v) is 20.2. The van der Waals surface area contributed by atoms with Gasteiger partial charge in [0, 0.05) is 11.6 Å². The predicted molar refractivity (Wildman–Crippen MR) is 130 cm³/mol. The van der Waals surface area contributed by atoms with Gasteiger partial charge < -0.3 is 4.74 Å². The van der Waals surface area contributed by atoms with Gasteiger partial charge in [-0.05, 0) is 50.2 Å². The molecule has 2 aromatic rings. The number of hydrogen-bond donors (Lipinski definition) is 0. The van der Waals surface area contributed by atoms with E-state index in [2.05, 4.69) is 42.2 Å². The highest BCUT2D eigenvalue weighted by Crippen LogP contribution is 2.42. The lowest BCUT2D eigenvalue weighted by atomic mass is 9.69. The summed E-state index contributed by atoms with van der Waals surface area (Å²) >= 11 is 0. The number of benzene rings is 1. The molecule has 1 fully saturated rings. The van der Waals surface area contributed by atoms with Crippen molar-refractivity contribution in [1.29, 1.82) is 5.26 Å². The van der Waals surface area contributed by atoms with E-state index in [1.807, 2.05) is 18.2 Å². The predicted octanol–water partition coefficient (Wildman–Crippen LogP) is 7.06. The Bertz CT molecular complexity index is 908. The molecular weight excluding hydrogens is 410 g/mol. The molecule has 0 N–H and O–H groups in total. The molecule has 5 heteroatoms. The molecular formula is C28H37N3O2. The van der Waals surface area contributed by atoms with Crippen molar-refractivity contribution in [3.8, 4) is 23.2 Å². The average molecular weight is 448 g/mol. The Balaban J connectivity index is 1.49. The molecule has 1 saturated carbocycles. The summed E-state index contributed by atoms with van der Waals surface area (Å²) in [7, 11) is 0. The summed E-state index contributed by atoms with van der Waals surface area (Å²) in [6.07, 6.45) is 12.1. The van der Waals surface area contributed by atoms with Crippen molar-refractivity contribution in [2.45, 2.75) is 90.9 Å². The van der Waals surface area contributed by atoms with E-state index in [0.717, 1.165) is 49.8 Å². The maximum atomic E-state index is 12.7. The van der Waals surface area contributed by atoms with E-state index >= 15 is 0 Å². The third-order valence-corrected chi connectivity index (χ3v) is 6.91. The molecule has 1 aliphatic carbocycles. The number of nitrogens with zero attached hydrogens (tertiary/aromatic N) is 3. The van der Waals surface area contributed by atoms with E-state index in [-0.39, 0.29) is 23.2 Å². The van der Waals surface area contributed by atoms with Gasteiger partial charge in [-0.25, -0.2) is 0 Å². The molecule has 0 aliphatic heterocycles. The molecule has 0 spiro atoms. The van der Waals surface area contributed by atoms with Crippen molar-refractivity contribution in [3.05, 3.63) is 42.0 Å². The minimum Gasteiger partial charge on any atom is -0.406 e. The molecule has 0 radical (unpaired) electrons. The van der Waals surface area contributed by atoms with Gasteiger partial charge in [0.1, 0.15) is 0 Å². The van der Waals surface area contributed by atoms with Crippen molar-refractivity contribution >= 4 is 5.97 Å². The Labute approximate surface area is 198 Å². The minimum atomic E-state index is -0.267. The van der Waals surface area contributed by atoms with Crippen LogP contribution in [0.5, 0.6) is 5.88 Å². The van der Waals surface area contributed by atoms with Gasteiger partial charge in [0.05, 0.1) is 23.1 Å².